The molecule has 12 nitrogen and oxygen atoms in total. The zero-order chi connectivity index (χ0) is 29.1. The molecule has 38 heavy (non-hydrogen) atoms. The highest BCUT2D eigenvalue weighted by molar-refractivity contribution is 6.53. The van der Waals surface area contributed by atoms with Crippen molar-refractivity contribution in [2.75, 3.05) is 4.90 Å². The van der Waals surface area contributed by atoms with Crippen LogP contribution in [-0.2, 0) is 15.7 Å². The topological polar surface area (TPSA) is 163 Å². The van der Waals surface area contributed by atoms with Crippen molar-refractivity contribution in [3.8, 4) is 0 Å². The van der Waals surface area contributed by atoms with Crippen molar-refractivity contribution in [1.82, 2.24) is 15.5 Å². The number of carbonyl (C=O) groups excluding carboxylic acids is 2. The van der Waals surface area contributed by atoms with E-state index in [0.29, 0.717) is 4.90 Å². The van der Waals surface area contributed by atoms with Gasteiger partial charge in [-0.25, -0.2) is 24.3 Å². The molecule has 0 aliphatic heterocycles. The molecule has 1 atom stereocenters. The average Bonchev–Trinajstić information content (AvgIpc) is 3.16. The second kappa shape index (κ2) is 11.1. The molecule has 208 valence electrons. The van der Waals surface area contributed by atoms with Crippen LogP contribution in [0.3, 0.4) is 0 Å². The van der Waals surface area contributed by atoms with Crippen LogP contribution in [-0.4, -0.2) is 51.2 Å². The van der Waals surface area contributed by atoms with Crippen LogP contribution in [0.5, 0.6) is 0 Å². The number of alkyl halides is 3. The molecule has 1 heterocycles. The number of alkyl carbamates (subject to hydrolysis) is 1. The van der Waals surface area contributed by atoms with Gasteiger partial charge in [0.2, 0.25) is 5.82 Å². The van der Waals surface area contributed by atoms with Crippen LogP contribution < -0.4 is 16.0 Å². The summed E-state index contributed by atoms with van der Waals surface area (Å²) in [5.74, 6) is -1.99. The van der Waals surface area contributed by atoms with Crippen molar-refractivity contribution in [3.05, 3.63) is 46.2 Å². The van der Waals surface area contributed by atoms with E-state index in [4.69, 9.17) is 14.9 Å². The Kier molecular flexibility index (Phi) is 8.75. The number of amides is 2. The smallest absolute Gasteiger partial charge is 0.439 e. The second-order valence-electron chi connectivity index (χ2n) is 9.95. The maximum atomic E-state index is 13.3. The van der Waals surface area contributed by atoms with E-state index in [9.17, 15) is 27.6 Å². The number of carbonyl (C=O) groups is 2. The Labute approximate surface area is 215 Å². The first kappa shape index (κ1) is 30.1. The van der Waals surface area contributed by atoms with Gasteiger partial charge in [-0.3, -0.25) is 20.2 Å². The summed E-state index contributed by atoms with van der Waals surface area (Å²) >= 11 is 0. The lowest BCUT2D eigenvalue weighted by molar-refractivity contribution is -0.137. The molecule has 0 spiro atoms. The number of anilines is 1. The molecule has 0 saturated carbocycles. The fourth-order valence-corrected chi connectivity index (χ4v) is 2.79. The Balaban J connectivity index is 2.66. The molecule has 1 unspecified atom stereocenters. The molecule has 3 N–H and O–H groups in total. The third kappa shape index (κ3) is 8.74. The van der Waals surface area contributed by atoms with Crippen molar-refractivity contribution < 1.29 is 36.8 Å². The molecule has 1 aromatic carbocycles. The highest BCUT2D eigenvalue weighted by atomic mass is 19.4. The summed E-state index contributed by atoms with van der Waals surface area (Å²) in [5.41, 5.74) is -3.71. The Morgan fingerprint density at radius 2 is 1.63 bits per heavy atom. The minimum Gasteiger partial charge on any atom is -0.444 e. The predicted molar refractivity (Wildman–Crippen MR) is 130 cm³/mol. The molecule has 0 aliphatic rings. The van der Waals surface area contributed by atoms with Crippen LogP contribution in [0.4, 0.5) is 28.4 Å². The van der Waals surface area contributed by atoms with Gasteiger partial charge in [0.05, 0.1) is 11.3 Å². The first-order valence-electron chi connectivity index (χ1n) is 11.2. The van der Waals surface area contributed by atoms with E-state index in [1.807, 2.05) is 0 Å². The van der Waals surface area contributed by atoms with Gasteiger partial charge in [-0.2, -0.15) is 13.2 Å². The van der Waals surface area contributed by atoms with Crippen LogP contribution in [0, 0.1) is 5.41 Å². The molecule has 0 saturated heterocycles. The summed E-state index contributed by atoms with van der Waals surface area (Å²) in [4.78, 5) is 44.1. The number of amidine groups is 1. The summed E-state index contributed by atoms with van der Waals surface area (Å²) in [6, 6.07) is 3.42. The van der Waals surface area contributed by atoms with E-state index in [-0.39, 0.29) is 5.69 Å². The summed E-state index contributed by atoms with van der Waals surface area (Å²) in [6.07, 6.45) is -7.77. The summed E-state index contributed by atoms with van der Waals surface area (Å²) < 4.78 is 54.5. The molecule has 1 aromatic heterocycles. The molecule has 0 fully saturated rings. The van der Waals surface area contributed by atoms with Gasteiger partial charge >= 0.3 is 24.1 Å². The Morgan fingerprint density at radius 1 is 1.08 bits per heavy atom. The zero-order valence-corrected chi connectivity index (χ0v) is 21.8. The molecular weight excluding hydrogens is 513 g/mol. The molecular formula is C23H29F3N6O6. The normalized spacial score (nSPS) is 13.5. The minimum absolute atomic E-state index is 0.161. The number of nitrogens with zero attached hydrogens (tertiary/aromatic N) is 3. The van der Waals surface area contributed by atoms with Gasteiger partial charge in [0.25, 0.3) is 0 Å². The quantitative estimate of drug-likeness (QED) is 0.371. The van der Waals surface area contributed by atoms with Crippen molar-refractivity contribution >= 4 is 29.4 Å². The molecule has 2 amide bonds. The number of halogens is 3. The third-order valence-electron chi connectivity index (χ3n) is 4.18. The summed E-state index contributed by atoms with van der Waals surface area (Å²) in [5, 5.41) is 14.4. The number of ether oxygens (including phenoxy) is 2. The Morgan fingerprint density at radius 3 is 2.08 bits per heavy atom. The molecule has 2 rings (SSSR count). The fourth-order valence-electron chi connectivity index (χ4n) is 2.79. The highest BCUT2D eigenvalue weighted by Crippen LogP contribution is 2.31. The van der Waals surface area contributed by atoms with Gasteiger partial charge in [0.15, 0.2) is 5.84 Å². The van der Waals surface area contributed by atoms with Gasteiger partial charge < -0.3 is 9.47 Å². The number of aromatic amines is 1. The van der Waals surface area contributed by atoms with Gasteiger partial charge in [-0.15, -0.1) is 0 Å². The molecule has 0 aliphatic carbocycles. The van der Waals surface area contributed by atoms with Crippen molar-refractivity contribution in [1.29, 1.82) is 5.41 Å². The van der Waals surface area contributed by atoms with Gasteiger partial charge in [-0.05, 0) is 72.7 Å². The SMILES string of the molecule is CC(/N=C(\C(=N)c1noc(=O)[nH]1)N(C(=O)OC(C)(C)C)c1ccc(C(F)(F)F)cc1)NC(=O)OC(C)(C)C. The number of rotatable bonds is 5. The number of benzene rings is 1. The number of aromatic nitrogens is 2. The third-order valence-corrected chi connectivity index (χ3v) is 4.18. The van der Waals surface area contributed by atoms with Gasteiger partial charge in [0, 0.05) is 0 Å². The van der Waals surface area contributed by atoms with E-state index < -0.39 is 64.4 Å². The number of H-pyrrole nitrogens is 1. The Bertz CT molecular complexity index is 1250. The van der Waals surface area contributed by atoms with E-state index in [2.05, 4.69) is 25.0 Å². The number of aliphatic imine (C=N–C) groups is 1. The minimum atomic E-state index is -4.65. The summed E-state index contributed by atoms with van der Waals surface area (Å²) in [6.45, 7) is 11.0. The van der Waals surface area contributed by atoms with E-state index in [1.54, 1.807) is 41.5 Å². The van der Waals surface area contributed by atoms with E-state index in [1.165, 1.54) is 6.92 Å². The van der Waals surface area contributed by atoms with Crippen LogP contribution in [0.15, 0.2) is 38.6 Å². The monoisotopic (exact) mass is 542 g/mol. The number of hydrogen-bond acceptors (Lipinski definition) is 9. The fraction of sp³-hybridized carbons (Fsp3) is 0.478. The lowest BCUT2D eigenvalue weighted by Crippen LogP contribution is -2.46. The van der Waals surface area contributed by atoms with Crippen LogP contribution in [0.25, 0.3) is 0 Å². The number of hydrogen-bond donors (Lipinski definition) is 3. The maximum Gasteiger partial charge on any atom is 0.439 e. The van der Waals surface area contributed by atoms with Crippen molar-refractivity contribution in [3.63, 3.8) is 0 Å². The van der Waals surface area contributed by atoms with Gasteiger partial charge in [0.1, 0.15) is 23.1 Å². The largest absolute Gasteiger partial charge is 0.444 e. The number of nitrogens with one attached hydrogen (secondary N) is 3. The Hall–Kier alpha value is -4.17. The molecule has 15 heteroatoms. The lowest BCUT2D eigenvalue weighted by Gasteiger charge is -2.29. The highest BCUT2D eigenvalue weighted by Gasteiger charge is 2.34. The van der Waals surface area contributed by atoms with Gasteiger partial charge in [-0.1, -0.05) is 5.16 Å². The zero-order valence-electron chi connectivity index (χ0n) is 21.8. The van der Waals surface area contributed by atoms with Crippen LogP contribution in [0.2, 0.25) is 0 Å². The van der Waals surface area contributed by atoms with E-state index in [0.717, 1.165) is 24.3 Å². The van der Waals surface area contributed by atoms with Crippen molar-refractivity contribution in [2.45, 2.75) is 72.0 Å². The second-order valence-corrected chi connectivity index (χ2v) is 9.95. The molecule has 0 radical (unpaired) electrons. The first-order valence-corrected chi connectivity index (χ1v) is 11.2. The van der Waals surface area contributed by atoms with E-state index >= 15 is 0 Å². The molecule has 2 aromatic rings. The lowest BCUT2D eigenvalue weighted by atomic mass is 10.1. The first-order chi connectivity index (χ1) is 17.3. The van der Waals surface area contributed by atoms with Crippen LogP contribution in [0.1, 0.15) is 59.9 Å². The molecule has 0 bridgehead atoms. The average molecular weight is 543 g/mol. The van der Waals surface area contributed by atoms with Crippen molar-refractivity contribution in [2.24, 2.45) is 4.99 Å². The predicted octanol–water partition coefficient (Wildman–Crippen LogP) is 4.46. The van der Waals surface area contributed by atoms with Crippen LogP contribution >= 0.6 is 0 Å². The standard InChI is InChI=1S/C23H29F3N6O6/c1-12(29-18(33)36-21(2,3)4)28-17(15(27)16-30-19(34)38-31-16)32(20(35)37-22(5,6)7)14-10-8-13(9-11-14)23(24,25)26/h8-12,27H,1-7H3,(H,29,33)(H,30,31,34)/b27-15?,28-17+. The maximum absolute atomic E-state index is 13.3. The summed E-state index contributed by atoms with van der Waals surface area (Å²) in [7, 11) is 0.